The smallest absolute Gasteiger partial charge is 0.302 e. The average Bonchev–Trinajstić information content (AvgIpc) is 3.64. The maximum atomic E-state index is 13.4. The minimum atomic E-state index is -0.907. The SMILES string of the molecule is COc1cc2noc(C(=O)C(=O)Nc3nccs3)c2cc1C(=O)N1CCC(Cc2ccccc2)C1. The Hall–Kier alpha value is -4.05. The normalized spacial score (nSPS) is 15.3. The monoisotopic (exact) mass is 490 g/mol. The van der Waals surface area contributed by atoms with Gasteiger partial charge in [0.25, 0.3) is 11.7 Å². The molecule has 5 rings (SSSR count). The van der Waals surface area contributed by atoms with Crippen molar-refractivity contribution in [2.45, 2.75) is 12.8 Å². The Balaban J connectivity index is 1.38. The summed E-state index contributed by atoms with van der Waals surface area (Å²) in [6, 6.07) is 13.3. The molecular weight excluding hydrogens is 468 g/mol. The van der Waals surface area contributed by atoms with Crippen LogP contribution in [0.25, 0.3) is 10.9 Å². The molecule has 1 aliphatic rings. The Labute approximate surface area is 204 Å². The van der Waals surface area contributed by atoms with Gasteiger partial charge in [0.15, 0.2) is 5.13 Å². The van der Waals surface area contributed by atoms with Gasteiger partial charge in [-0.2, -0.15) is 0 Å². The Bertz CT molecular complexity index is 1380. The molecule has 2 aromatic heterocycles. The van der Waals surface area contributed by atoms with Gasteiger partial charge in [-0.05, 0) is 30.4 Å². The van der Waals surface area contributed by atoms with Crippen molar-refractivity contribution in [1.82, 2.24) is 15.0 Å². The van der Waals surface area contributed by atoms with Crippen molar-refractivity contribution in [1.29, 1.82) is 0 Å². The van der Waals surface area contributed by atoms with E-state index in [9.17, 15) is 14.4 Å². The molecule has 9 nitrogen and oxygen atoms in total. The van der Waals surface area contributed by atoms with E-state index >= 15 is 0 Å². The highest BCUT2D eigenvalue weighted by atomic mass is 32.1. The number of hydrogen-bond acceptors (Lipinski definition) is 8. The van der Waals surface area contributed by atoms with Crippen LogP contribution < -0.4 is 10.1 Å². The fraction of sp³-hybridized carbons (Fsp3) is 0.240. The number of carbonyl (C=O) groups excluding carboxylic acids is 3. The molecule has 2 amide bonds. The maximum absolute atomic E-state index is 13.4. The molecule has 1 unspecified atom stereocenters. The summed E-state index contributed by atoms with van der Waals surface area (Å²) in [5, 5.41) is 8.57. The van der Waals surface area contributed by atoms with Crippen molar-refractivity contribution in [2.75, 3.05) is 25.5 Å². The van der Waals surface area contributed by atoms with E-state index in [-0.39, 0.29) is 22.6 Å². The molecule has 0 spiro atoms. The van der Waals surface area contributed by atoms with Crippen LogP contribution in [0.2, 0.25) is 0 Å². The van der Waals surface area contributed by atoms with Gasteiger partial charge in [0.1, 0.15) is 11.3 Å². The zero-order valence-electron chi connectivity index (χ0n) is 18.9. The standard InChI is InChI=1S/C25H22N4O5S/c1-33-20-13-19-17(22(34-28-19)21(30)23(31)27-25-26-8-10-35-25)12-18(20)24(32)29-9-7-16(14-29)11-15-5-3-2-4-6-15/h2-6,8,10,12-13,16H,7,9,11,14H2,1H3,(H,26,27,31). The van der Waals surface area contributed by atoms with Gasteiger partial charge in [-0.25, -0.2) is 4.98 Å². The molecule has 0 bridgehead atoms. The van der Waals surface area contributed by atoms with Crippen molar-refractivity contribution in [3.05, 3.63) is 70.9 Å². The summed E-state index contributed by atoms with van der Waals surface area (Å²) in [5.41, 5.74) is 1.85. The molecule has 0 saturated carbocycles. The van der Waals surface area contributed by atoms with Gasteiger partial charge >= 0.3 is 5.91 Å². The first-order valence-corrected chi connectivity index (χ1v) is 12.0. The van der Waals surface area contributed by atoms with E-state index in [1.165, 1.54) is 36.3 Å². The molecule has 1 fully saturated rings. The lowest BCUT2D eigenvalue weighted by atomic mass is 9.99. The minimum Gasteiger partial charge on any atom is -0.496 e. The van der Waals surface area contributed by atoms with Crippen LogP contribution in [0.15, 0.2) is 58.6 Å². The van der Waals surface area contributed by atoms with Crippen molar-refractivity contribution in [2.24, 2.45) is 5.92 Å². The zero-order valence-corrected chi connectivity index (χ0v) is 19.7. The lowest BCUT2D eigenvalue weighted by Crippen LogP contribution is -2.29. The number of benzene rings is 2. The number of nitrogens with zero attached hydrogens (tertiary/aromatic N) is 3. The zero-order chi connectivity index (χ0) is 24.4. The fourth-order valence-corrected chi connectivity index (χ4v) is 4.84. The number of thiazole rings is 1. The average molecular weight is 491 g/mol. The van der Waals surface area contributed by atoms with Crippen LogP contribution in [0.4, 0.5) is 5.13 Å². The van der Waals surface area contributed by atoms with Gasteiger partial charge in [-0.3, -0.25) is 19.7 Å². The molecule has 1 N–H and O–H groups in total. The summed E-state index contributed by atoms with van der Waals surface area (Å²) in [7, 11) is 1.47. The maximum Gasteiger partial charge on any atom is 0.302 e. The van der Waals surface area contributed by atoms with Crippen LogP contribution >= 0.6 is 11.3 Å². The fourth-order valence-electron chi connectivity index (χ4n) is 4.31. The molecule has 1 saturated heterocycles. The van der Waals surface area contributed by atoms with E-state index in [2.05, 4.69) is 27.6 Å². The summed E-state index contributed by atoms with van der Waals surface area (Å²) >= 11 is 1.19. The second-order valence-corrected chi connectivity index (χ2v) is 9.19. The third kappa shape index (κ3) is 4.65. The lowest BCUT2D eigenvalue weighted by Gasteiger charge is -2.18. The molecule has 4 aromatic rings. The number of hydrogen-bond donors (Lipinski definition) is 1. The van der Waals surface area contributed by atoms with Crippen molar-refractivity contribution < 1.29 is 23.6 Å². The number of ether oxygens (including phenoxy) is 1. The highest BCUT2D eigenvalue weighted by Gasteiger charge is 2.31. The summed E-state index contributed by atoms with van der Waals surface area (Å²) < 4.78 is 10.6. The van der Waals surface area contributed by atoms with Gasteiger partial charge in [0.05, 0.1) is 18.1 Å². The number of methoxy groups -OCH3 is 1. The van der Waals surface area contributed by atoms with Crippen molar-refractivity contribution >= 4 is 45.0 Å². The van der Waals surface area contributed by atoms with E-state index in [1.807, 2.05) is 18.2 Å². The first-order chi connectivity index (χ1) is 17.0. The molecule has 10 heteroatoms. The number of anilines is 1. The topological polar surface area (TPSA) is 115 Å². The van der Waals surface area contributed by atoms with E-state index in [1.54, 1.807) is 16.3 Å². The molecule has 2 aromatic carbocycles. The first-order valence-electron chi connectivity index (χ1n) is 11.1. The number of nitrogens with one attached hydrogen (secondary N) is 1. The summed E-state index contributed by atoms with van der Waals surface area (Å²) in [6.45, 7) is 1.25. The molecule has 1 atom stereocenters. The second kappa shape index (κ2) is 9.67. The van der Waals surface area contributed by atoms with Gasteiger partial charge in [-0.1, -0.05) is 35.5 Å². The van der Waals surface area contributed by atoms with Crippen molar-refractivity contribution in [3.8, 4) is 5.75 Å². The molecule has 0 aliphatic carbocycles. The summed E-state index contributed by atoms with van der Waals surface area (Å²) in [5.74, 6) is -1.56. The minimum absolute atomic E-state index is 0.203. The largest absolute Gasteiger partial charge is 0.496 e. The second-order valence-electron chi connectivity index (χ2n) is 8.30. The predicted octanol–water partition coefficient (Wildman–Crippen LogP) is 3.82. The number of likely N-dealkylation sites (tertiary alicyclic amines) is 1. The number of carbonyl (C=O) groups is 3. The molecule has 1 aliphatic heterocycles. The van der Waals surface area contributed by atoms with E-state index < -0.39 is 11.7 Å². The molecule has 178 valence electrons. The number of aromatic nitrogens is 2. The Morgan fingerprint density at radius 1 is 1.23 bits per heavy atom. The lowest BCUT2D eigenvalue weighted by molar-refractivity contribution is -0.112. The quantitative estimate of drug-likeness (QED) is 0.309. The van der Waals surface area contributed by atoms with Crippen molar-refractivity contribution in [3.63, 3.8) is 0 Å². The van der Waals surface area contributed by atoms with Gasteiger partial charge in [0.2, 0.25) is 5.76 Å². The predicted molar refractivity (Wildman–Crippen MR) is 130 cm³/mol. The van der Waals surface area contributed by atoms with Crippen LogP contribution in [0, 0.1) is 5.92 Å². The first kappa shape index (κ1) is 22.7. The Morgan fingerprint density at radius 2 is 2.06 bits per heavy atom. The van der Waals surface area contributed by atoms with Crippen LogP contribution in [0.1, 0.15) is 32.9 Å². The molecule has 35 heavy (non-hydrogen) atoms. The number of rotatable bonds is 7. The molecule has 3 heterocycles. The molecular formula is C25H22N4O5S. The van der Waals surface area contributed by atoms with E-state index in [0.29, 0.717) is 35.4 Å². The Morgan fingerprint density at radius 3 is 2.80 bits per heavy atom. The molecule has 0 radical (unpaired) electrons. The van der Waals surface area contributed by atoms with E-state index in [0.717, 1.165) is 12.8 Å². The van der Waals surface area contributed by atoms with E-state index in [4.69, 9.17) is 9.26 Å². The van der Waals surface area contributed by atoms with Crippen LogP contribution in [-0.2, 0) is 11.2 Å². The highest BCUT2D eigenvalue weighted by Crippen LogP contribution is 2.31. The van der Waals surface area contributed by atoms with Gasteiger partial charge in [-0.15, -0.1) is 11.3 Å². The number of amides is 2. The third-order valence-electron chi connectivity index (χ3n) is 6.03. The Kier molecular flexibility index (Phi) is 6.28. The van der Waals surface area contributed by atoms with Gasteiger partial charge < -0.3 is 14.2 Å². The van der Waals surface area contributed by atoms with Crippen LogP contribution in [-0.4, -0.2) is 52.8 Å². The third-order valence-corrected chi connectivity index (χ3v) is 6.72. The van der Waals surface area contributed by atoms with Crippen LogP contribution in [0.5, 0.6) is 5.75 Å². The van der Waals surface area contributed by atoms with Gasteiger partial charge in [0, 0.05) is 30.7 Å². The number of Topliss-reactive ketones (excluding diaryl/α,β-unsaturated/α-hetero) is 1. The number of ketones is 1. The van der Waals surface area contributed by atoms with Crippen LogP contribution in [0.3, 0.4) is 0 Å². The summed E-state index contributed by atoms with van der Waals surface area (Å²) in [6.07, 6.45) is 3.32. The highest BCUT2D eigenvalue weighted by molar-refractivity contribution is 7.13. The summed E-state index contributed by atoms with van der Waals surface area (Å²) in [4.78, 5) is 44.3. The number of fused-ring (bicyclic) bond motifs is 1.